The van der Waals surface area contributed by atoms with Crippen LogP contribution in [0, 0.1) is 0 Å². The molecule has 3 fully saturated rings. The van der Waals surface area contributed by atoms with Crippen molar-refractivity contribution in [3.8, 4) is 0 Å². The fraction of sp³-hybridized carbons (Fsp3) is 0.812. The van der Waals surface area contributed by atoms with Crippen LogP contribution in [0.3, 0.4) is 0 Å². The van der Waals surface area contributed by atoms with Crippen LogP contribution in [0.1, 0.15) is 39.0 Å². The lowest BCUT2D eigenvalue weighted by atomic mass is 9.84. The average Bonchev–Trinajstić information content (AvgIpc) is 3.18. The fourth-order valence-corrected chi connectivity index (χ4v) is 4.34. The maximum absolute atomic E-state index is 12.8. The van der Waals surface area contributed by atoms with E-state index in [1.165, 1.54) is 0 Å². The number of nitrogens with zero attached hydrogens (tertiary/aromatic N) is 3. The summed E-state index contributed by atoms with van der Waals surface area (Å²) in [4.78, 5) is 42.1. The second-order valence-corrected chi connectivity index (χ2v) is 6.90. The van der Waals surface area contributed by atoms with E-state index in [2.05, 4.69) is 0 Å². The Labute approximate surface area is 136 Å². The second-order valence-electron chi connectivity index (χ2n) is 6.90. The normalized spacial score (nSPS) is 29.2. The third kappa shape index (κ3) is 2.60. The van der Waals surface area contributed by atoms with Gasteiger partial charge in [0.05, 0.1) is 12.6 Å². The Morgan fingerprint density at radius 2 is 1.91 bits per heavy atom. The van der Waals surface area contributed by atoms with E-state index < -0.39 is 11.6 Å². The molecule has 7 heteroatoms. The molecule has 0 aromatic rings. The van der Waals surface area contributed by atoms with Crippen LogP contribution in [0.2, 0.25) is 0 Å². The summed E-state index contributed by atoms with van der Waals surface area (Å²) in [6.45, 7) is 4.95. The molecule has 2 N–H and O–H groups in total. The lowest BCUT2D eigenvalue weighted by molar-refractivity contribution is -0.167. The number of carbonyl (C=O) groups excluding carboxylic acids is 3. The van der Waals surface area contributed by atoms with Gasteiger partial charge in [-0.3, -0.25) is 19.3 Å². The first kappa shape index (κ1) is 16.2. The summed E-state index contributed by atoms with van der Waals surface area (Å²) in [5.41, 5.74) is 4.91. The number of rotatable bonds is 5. The smallest absolute Gasteiger partial charge is 0.245 e. The van der Waals surface area contributed by atoms with E-state index in [0.29, 0.717) is 13.0 Å². The van der Waals surface area contributed by atoms with Gasteiger partial charge in [-0.15, -0.1) is 0 Å². The number of amides is 3. The van der Waals surface area contributed by atoms with Gasteiger partial charge in [0, 0.05) is 26.2 Å². The van der Waals surface area contributed by atoms with Gasteiger partial charge in [0.25, 0.3) is 0 Å². The van der Waals surface area contributed by atoms with Crippen molar-refractivity contribution < 1.29 is 14.4 Å². The van der Waals surface area contributed by atoms with Crippen LogP contribution in [0.4, 0.5) is 0 Å². The molecule has 7 nitrogen and oxygen atoms in total. The third-order valence-corrected chi connectivity index (χ3v) is 5.55. The van der Waals surface area contributed by atoms with Crippen LogP contribution in [-0.4, -0.2) is 76.7 Å². The van der Waals surface area contributed by atoms with Gasteiger partial charge in [-0.25, -0.2) is 0 Å². The average molecular weight is 322 g/mol. The van der Waals surface area contributed by atoms with Crippen molar-refractivity contribution in [1.29, 1.82) is 0 Å². The van der Waals surface area contributed by atoms with E-state index in [4.69, 9.17) is 5.73 Å². The molecule has 0 bridgehead atoms. The molecule has 1 spiro atoms. The van der Waals surface area contributed by atoms with E-state index in [-0.39, 0.29) is 24.3 Å². The molecule has 3 heterocycles. The fourth-order valence-electron chi connectivity index (χ4n) is 4.34. The Morgan fingerprint density at radius 1 is 1.22 bits per heavy atom. The van der Waals surface area contributed by atoms with Crippen molar-refractivity contribution in [3.05, 3.63) is 0 Å². The SMILES string of the molecule is CCC(C(N)=O)N1CCCC12CN(CC(=O)N1CCCC1)C2=O. The lowest BCUT2D eigenvalue weighted by Gasteiger charge is -2.52. The van der Waals surface area contributed by atoms with Gasteiger partial charge < -0.3 is 15.5 Å². The van der Waals surface area contributed by atoms with Gasteiger partial charge in [0.1, 0.15) is 5.54 Å². The van der Waals surface area contributed by atoms with Crippen molar-refractivity contribution in [2.75, 3.05) is 32.7 Å². The third-order valence-electron chi connectivity index (χ3n) is 5.55. The van der Waals surface area contributed by atoms with Crippen molar-refractivity contribution in [1.82, 2.24) is 14.7 Å². The highest BCUT2D eigenvalue weighted by atomic mass is 16.2. The predicted octanol–water partition coefficient (Wildman–Crippen LogP) is -0.450. The first-order valence-electron chi connectivity index (χ1n) is 8.63. The highest BCUT2D eigenvalue weighted by Gasteiger charge is 2.60. The van der Waals surface area contributed by atoms with E-state index in [1.807, 2.05) is 16.7 Å². The first-order valence-corrected chi connectivity index (χ1v) is 8.63. The molecule has 3 aliphatic heterocycles. The van der Waals surface area contributed by atoms with Gasteiger partial charge in [-0.1, -0.05) is 6.92 Å². The second kappa shape index (κ2) is 6.11. The Bertz CT molecular complexity index is 517. The predicted molar refractivity (Wildman–Crippen MR) is 84.3 cm³/mol. The molecule has 0 radical (unpaired) electrons. The summed E-state index contributed by atoms with van der Waals surface area (Å²) < 4.78 is 0. The van der Waals surface area contributed by atoms with E-state index >= 15 is 0 Å². The Morgan fingerprint density at radius 3 is 2.48 bits per heavy atom. The minimum absolute atomic E-state index is 0.0118. The topological polar surface area (TPSA) is 87.0 Å². The van der Waals surface area contributed by atoms with Gasteiger partial charge in [0.15, 0.2) is 0 Å². The van der Waals surface area contributed by atoms with Crippen molar-refractivity contribution in [2.24, 2.45) is 5.73 Å². The van der Waals surface area contributed by atoms with Crippen molar-refractivity contribution in [3.63, 3.8) is 0 Å². The van der Waals surface area contributed by atoms with Gasteiger partial charge in [0.2, 0.25) is 17.7 Å². The Kier molecular flexibility index (Phi) is 4.31. The number of nitrogens with two attached hydrogens (primary N) is 1. The summed E-state index contributed by atoms with van der Waals surface area (Å²) in [7, 11) is 0. The summed E-state index contributed by atoms with van der Waals surface area (Å²) in [5, 5.41) is 0. The number of hydrogen-bond acceptors (Lipinski definition) is 4. The summed E-state index contributed by atoms with van der Waals surface area (Å²) >= 11 is 0. The minimum atomic E-state index is -0.596. The lowest BCUT2D eigenvalue weighted by Crippen LogP contribution is -2.75. The van der Waals surface area contributed by atoms with Crippen LogP contribution < -0.4 is 5.73 Å². The monoisotopic (exact) mass is 322 g/mol. The van der Waals surface area contributed by atoms with Crippen molar-refractivity contribution >= 4 is 17.7 Å². The molecule has 3 aliphatic rings. The first-order chi connectivity index (χ1) is 11.0. The molecule has 3 rings (SSSR count). The van der Waals surface area contributed by atoms with E-state index in [1.54, 1.807) is 4.90 Å². The molecule has 0 saturated carbocycles. The molecule has 23 heavy (non-hydrogen) atoms. The quantitative estimate of drug-likeness (QED) is 0.695. The minimum Gasteiger partial charge on any atom is -0.368 e. The number of carbonyl (C=O) groups is 3. The zero-order valence-electron chi connectivity index (χ0n) is 13.8. The van der Waals surface area contributed by atoms with Crippen LogP contribution in [0.15, 0.2) is 0 Å². The molecule has 3 amide bonds. The number of β-lactam (4-membered cyclic amide) rings is 1. The van der Waals surface area contributed by atoms with Crippen LogP contribution in [0.25, 0.3) is 0 Å². The van der Waals surface area contributed by atoms with Gasteiger partial charge >= 0.3 is 0 Å². The zero-order valence-corrected chi connectivity index (χ0v) is 13.8. The van der Waals surface area contributed by atoms with Crippen LogP contribution >= 0.6 is 0 Å². The molecule has 2 unspecified atom stereocenters. The maximum Gasteiger partial charge on any atom is 0.245 e. The molecular weight excluding hydrogens is 296 g/mol. The van der Waals surface area contributed by atoms with Crippen LogP contribution in [-0.2, 0) is 14.4 Å². The number of likely N-dealkylation sites (tertiary alicyclic amines) is 3. The molecule has 2 atom stereocenters. The summed E-state index contributed by atoms with van der Waals surface area (Å²) in [6, 6.07) is -0.391. The molecule has 0 aromatic carbocycles. The van der Waals surface area contributed by atoms with Crippen LogP contribution in [0.5, 0.6) is 0 Å². The summed E-state index contributed by atoms with van der Waals surface area (Å²) in [6.07, 6.45) is 4.35. The molecular formula is C16H26N4O3. The molecule has 128 valence electrons. The Hall–Kier alpha value is -1.63. The summed E-state index contributed by atoms with van der Waals surface area (Å²) in [5.74, 6) is -0.340. The van der Waals surface area contributed by atoms with E-state index in [9.17, 15) is 14.4 Å². The number of hydrogen-bond donors (Lipinski definition) is 1. The maximum atomic E-state index is 12.8. The highest BCUT2D eigenvalue weighted by Crippen LogP contribution is 2.40. The highest BCUT2D eigenvalue weighted by molar-refractivity contribution is 5.97. The Balaban J connectivity index is 1.65. The molecule has 0 aliphatic carbocycles. The largest absolute Gasteiger partial charge is 0.368 e. The van der Waals surface area contributed by atoms with Gasteiger partial charge in [-0.2, -0.15) is 0 Å². The zero-order chi connectivity index (χ0) is 16.6. The number of primary amides is 1. The standard InChI is InChI=1S/C16H26N4O3/c1-2-12(14(17)22)20-9-5-6-16(20)11-19(15(16)23)10-13(21)18-7-3-4-8-18/h12H,2-11H2,1H3,(H2,17,22). The van der Waals surface area contributed by atoms with E-state index in [0.717, 1.165) is 45.3 Å². The molecule has 0 aromatic heterocycles. The van der Waals surface area contributed by atoms with Crippen molar-refractivity contribution in [2.45, 2.75) is 50.6 Å². The van der Waals surface area contributed by atoms with Gasteiger partial charge in [-0.05, 0) is 32.1 Å². The molecule has 3 saturated heterocycles.